The molecular formula is C14H16N4OS. The molecule has 0 bridgehead atoms. The third-order valence-corrected chi connectivity index (χ3v) is 4.18. The summed E-state index contributed by atoms with van der Waals surface area (Å²) in [6, 6.07) is 6.11. The monoisotopic (exact) mass is 288 g/mol. The number of anilines is 2. The number of benzene rings is 1. The lowest BCUT2D eigenvalue weighted by atomic mass is 10.1. The summed E-state index contributed by atoms with van der Waals surface area (Å²) in [6.45, 7) is 2.74. The minimum atomic E-state index is -0.204. The molecule has 6 heteroatoms. The van der Waals surface area contributed by atoms with Gasteiger partial charge in [0, 0.05) is 12.2 Å². The molecule has 1 aromatic carbocycles. The molecule has 0 spiro atoms. The van der Waals surface area contributed by atoms with Gasteiger partial charge in [-0.05, 0) is 49.4 Å². The van der Waals surface area contributed by atoms with Crippen LogP contribution in [0.2, 0.25) is 0 Å². The number of aromatic nitrogens is 2. The molecule has 20 heavy (non-hydrogen) atoms. The molecule has 0 radical (unpaired) electrons. The summed E-state index contributed by atoms with van der Waals surface area (Å²) in [6.07, 6.45) is 3.45. The van der Waals surface area contributed by atoms with Gasteiger partial charge in [-0.15, -0.1) is 10.2 Å². The maximum absolute atomic E-state index is 12.1. The molecule has 0 fully saturated rings. The SMILES string of the molecule is CCNc1nnc(C(=O)Nc2ccc3c(c2)CCC3)s1. The summed E-state index contributed by atoms with van der Waals surface area (Å²) < 4.78 is 0. The zero-order valence-corrected chi connectivity index (χ0v) is 12.1. The fourth-order valence-corrected chi connectivity index (χ4v) is 3.08. The number of amides is 1. The number of nitrogens with one attached hydrogen (secondary N) is 2. The van der Waals surface area contributed by atoms with E-state index in [4.69, 9.17) is 0 Å². The molecular weight excluding hydrogens is 272 g/mol. The molecule has 1 aromatic heterocycles. The van der Waals surface area contributed by atoms with E-state index >= 15 is 0 Å². The first-order valence-corrected chi connectivity index (χ1v) is 7.58. The first-order chi connectivity index (χ1) is 9.76. The smallest absolute Gasteiger partial charge is 0.286 e. The maximum atomic E-state index is 12.1. The topological polar surface area (TPSA) is 66.9 Å². The molecule has 0 saturated heterocycles. The van der Waals surface area contributed by atoms with E-state index in [0.717, 1.165) is 25.1 Å². The van der Waals surface area contributed by atoms with Crippen molar-refractivity contribution >= 4 is 28.1 Å². The lowest BCUT2D eigenvalue weighted by molar-refractivity contribution is 0.102. The van der Waals surface area contributed by atoms with Crippen molar-refractivity contribution in [1.82, 2.24) is 10.2 Å². The van der Waals surface area contributed by atoms with E-state index in [1.807, 2.05) is 13.0 Å². The largest absolute Gasteiger partial charge is 0.360 e. The summed E-state index contributed by atoms with van der Waals surface area (Å²) in [4.78, 5) is 12.1. The Morgan fingerprint density at radius 1 is 1.30 bits per heavy atom. The lowest BCUT2D eigenvalue weighted by Crippen LogP contribution is -2.11. The van der Waals surface area contributed by atoms with E-state index in [1.165, 1.54) is 28.9 Å². The van der Waals surface area contributed by atoms with Crippen molar-refractivity contribution < 1.29 is 4.79 Å². The standard InChI is InChI=1S/C14H16N4OS/c1-2-15-14-18-17-13(20-14)12(19)16-11-7-6-9-4-3-5-10(9)8-11/h6-8H,2-5H2,1H3,(H,15,18)(H,16,19). The van der Waals surface area contributed by atoms with Gasteiger partial charge < -0.3 is 10.6 Å². The number of hydrogen-bond acceptors (Lipinski definition) is 5. The average Bonchev–Trinajstić information content (AvgIpc) is 3.07. The van der Waals surface area contributed by atoms with Gasteiger partial charge in [0.15, 0.2) is 0 Å². The van der Waals surface area contributed by atoms with Crippen LogP contribution in [0.25, 0.3) is 0 Å². The number of aryl methyl sites for hydroxylation is 2. The third kappa shape index (κ3) is 2.65. The Labute approximate surface area is 121 Å². The molecule has 0 saturated carbocycles. The zero-order valence-electron chi connectivity index (χ0n) is 11.3. The molecule has 5 nitrogen and oxygen atoms in total. The van der Waals surface area contributed by atoms with Gasteiger partial charge in [-0.2, -0.15) is 0 Å². The molecule has 1 heterocycles. The summed E-state index contributed by atoms with van der Waals surface area (Å²) in [7, 11) is 0. The van der Waals surface area contributed by atoms with Gasteiger partial charge in [-0.1, -0.05) is 17.4 Å². The number of nitrogens with zero attached hydrogens (tertiary/aromatic N) is 2. The Bertz CT molecular complexity index is 638. The van der Waals surface area contributed by atoms with Gasteiger partial charge in [0.05, 0.1) is 0 Å². The average molecular weight is 288 g/mol. The molecule has 2 N–H and O–H groups in total. The van der Waals surface area contributed by atoms with E-state index < -0.39 is 0 Å². The molecule has 0 unspecified atom stereocenters. The molecule has 2 aromatic rings. The van der Waals surface area contributed by atoms with Crippen molar-refractivity contribution in [2.75, 3.05) is 17.2 Å². The third-order valence-electron chi connectivity index (χ3n) is 3.30. The Morgan fingerprint density at radius 2 is 2.15 bits per heavy atom. The Hall–Kier alpha value is -1.95. The Kier molecular flexibility index (Phi) is 3.64. The van der Waals surface area contributed by atoms with Crippen LogP contribution in [0.1, 0.15) is 34.3 Å². The van der Waals surface area contributed by atoms with Gasteiger partial charge in [0.25, 0.3) is 5.91 Å². The van der Waals surface area contributed by atoms with Crippen LogP contribution in [0.15, 0.2) is 18.2 Å². The number of rotatable bonds is 4. The highest BCUT2D eigenvalue weighted by atomic mass is 32.1. The van der Waals surface area contributed by atoms with Crippen molar-refractivity contribution in [3.8, 4) is 0 Å². The second-order valence-corrected chi connectivity index (χ2v) is 5.71. The minimum Gasteiger partial charge on any atom is -0.360 e. The Balaban J connectivity index is 1.71. The van der Waals surface area contributed by atoms with Gasteiger partial charge in [-0.3, -0.25) is 4.79 Å². The van der Waals surface area contributed by atoms with Crippen LogP contribution in [0.3, 0.4) is 0 Å². The van der Waals surface area contributed by atoms with Crippen LogP contribution in [-0.4, -0.2) is 22.6 Å². The summed E-state index contributed by atoms with van der Waals surface area (Å²) >= 11 is 1.26. The summed E-state index contributed by atoms with van der Waals surface area (Å²) in [5, 5.41) is 14.8. The van der Waals surface area contributed by atoms with Crippen molar-refractivity contribution in [3.05, 3.63) is 34.3 Å². The van der Waals surface area contributed by atoms with E-state index in [9.17, 15) is 4.79 Å². The van der Waals surface area contributed by atoms with Crippen LogP contribution in [0.5, 0.6) is 0 Å². The first-order valence-electron chi connectivity index (χ1n) is 6.77. The highest BCUT2D eigenvalue weighted by molar-refractivity contribution is 7.17. The summed E-state index contributed by atoms with van der Waals surface area (Å²) in [5.41, 5.74) is 3.57. The van der Waals surface area contributed by atoms with Gasteiger partial charge in [0.1, 0.15) is 0 Å². The van der Waals surface area contributed by atoms with Gasteiger partial charge in [0.2, 0.25) is 10.1 Å². The van der Waals surface area contributed by atoms with Crippen LogP contribution >= 0.6 is 11.3 Å². The molecule has 1 aliphatic carbocycles. The second kappa shape index (κ2) is 5.58. The minimum absolute atomic E-state index is 0.204. The van der Waals surface area contributed by atoms with Crippen molar-refractivity contribution in [1.29, 1.82) is 0 Å². The van der Waals surface area contributed by atoms with E-state index in [0.29, 0.717) is 10.1 Å². The zero-order chi connectivity index (χ0) is 13.9. The van der Waals surface area contributed by atoms with Crippen LogP contribution < -0.4 is 10.6 Å². The number of carbonyl (C=O) groups excluding carboxylic acids is 1. The molecule has 104 valence electrons. The van der Waals surface area contributed by atoms with E-state index in [1.54, 1.807) is 0 Å². The number of fused-ring (bicyclic) bond motifs is 1. The van der Waals surface area contributed by atoms with Crippen molar-refractivity contribution in [3.63, 3.8) is 0 Å². The molecule has 0 atom stereocenters. The van der Waals surface area contributed by atoms with Crippen molar-refractivity contribution in [2.45, 2.75) is 26.2 Å². The quantitative estimate of drug-likeness (QED) is 0.907. The predicted octanol–water partition coefficient (Wildman–Crippen LogP) is 2.71. The predicted molar refractivity (Wildman–Crippen MR) is 80.5 cm³/mol. The molecule has 1 amide bonds. The number of hydrogen-bond donors (Lipinski definition) is 2. The highest BCUT2D eigenvalue weighted by Crippen LogP contribution is 2.25. The fourth-order valence-electron chi connectivity index (χ4n) is 2.37. The first kappa shape index (κ1) is 13.1. The second-order valence-electron chi connectivity index (χ2n) is 4.73. The van der Waals surface area contributed by atoms with Crippen molar-refractivity contribution in [2.24, 2.45) is 0 Å². The van der Waals surface area contributed by atoms with E-state index in [-0.39, 0.29) is 5.91 Å². The van der Waals surface area contributed by atoms with Gasteiger partial charge >= 0.3 is 0 Å². The molecule has 0 aliphatic heterocycles. The molecule has 3 rings (SSSR count). The normalized spacial score (nSPS) is 13.1. The highest BCUT2D eigenvalue weighted by Gasteiger charge is 2.15. The fraction of sp³-hybridized carbons (Fsp3) is 0.357. The van der Waals surface area contributed by atoms with Crippen LogP contribution in [0, 0.1) is 0 Å². The summed E-state index contributed by atoms with van der Waals surface area (Å²) in [5.74, 6) is -0.204. The number of carbonyl (C=O) groups is 1. The lowest BCUT2D eigenvalue weighted by Gasteiger charge is -2.05. The maximum Gasteiger partial charge on any atom is 0.286 e. The van der Waals surface area contributed by atoms with Crippen LogP contribution in [-0.2, 0) is 12.8 Å². The van der Waals surface area contributed by atoms with Crippen LogP contribution in [0.4, 0.5) is 10.8 Å². The van der Waals surface area contributed by atoms with E-state index in [2.05, 4.69) is 33.0 Å². The Morgan fingerprint density at radius 3 is 3.00 bits per heavy atom. The molecule has 1 aliphatic rings. The van der Waals surface area contributed by atoms with Gasteiger partial charge in [-0.25, -0.2) is 0 Å².